The van der Waals surface area contributed by atoms with Gasteiger partial charge in [0.25, 0.3) is 0 Å². The topological polar surface area (TPSA) is 47.4 Å². The average Bonchev–Trinajstić information content (AvgIpc) is 3.15. The van der Waals surface area contributed by atoms with Crippen molar-refractivity contribution in [3.8, 4) is 5.69 Å². The minimum absolute atomic E-state index is 0.0294. The van der Waals surface area contributed by atoms with Crippen molar-refractivity contribution in [3.63, 3.8) is 0 Å². The summed E-state index contributed by atoms with van der Waals surface area (Å²) in [5.41, 5.74) is 0.0714. The summed E-state index contributed by atoms with van der Waals surface area (Å²) >= 11 is 0. The molecule has 1 aromatic heterocycles. The molecule has 30 heavy (non-hydrogen) atoms. The number of ether oxygens (including phenoxy) is 1. The lowest BCUT2D eigenvalue weighted by molar-refractivity contribution is -0.137. The summed E-state index contributed by atoms with van der Waals surface area (Å²) in [4.78, 5) is 19.4. The van der Waals surface area contributed by atoms with Crippen molar-refractivity contribution in [2.24, 2.45) is 0 Å². The fourth-order valence-corrected chi connectivity index (χ4v) is 4.13. The van der Waals surface area contributed by atoms with Crippen LogP contribution in [0.25, 0.3) is 16.6 Å². The molecule has 1 saturated heterocycles. The van der Waals surface area contributed by atoms with Gasteiger partial charge in [-0.15, -0.1) is 0 Å². The Morgan fingerprint density at radius 1 is 1.20 bits per heavy atom. The molecule has 0 amide bonds. The second-order valence-electron chi connectivity index (χ2n) is 7.51. The molecule has 0 radical (unpaired) electrons. The van der Waals surface area contributed by atoms with E-state index < -0.39 is 17.4 Å². The fraction of sp³-hybridized carbons (Fsp3) is 0.364. The second kappa shape index (κ2) is 7.75. The van der Waals surface area contributed by atoms with Gasteiger partial charge in [-0.05, 0) is 49.6 Å². The van der Waals surface area contributed by atoms with Crippen LogP contribution in [-0.2, 0) is 10.9 Å². The van der Waals surface area contributed by atoms with Crippen LogP contribution in [-0.4, -0.2) is 35.9 Å². The molecule has 0 spiro atoms. The highest BCUT2D eigenvalue weighted by Crippen LogP contribution is 2.35. The van der Waals surface area contributed by atoms with E-state index in [0.29, 0.717) is 30.0 Å². The molecule has 3 aromatic rings. The standard InChI is InChI=1S/C22H22F3N3O2/c1-14-6-3-4-8-18(14)28-19-12-15(22(23,24)25)9-10-17(19)20(26-21(28)29)27-11-5-7-16(27)13-30-2/h3-4,6,8-10,12,16H,5,7,11,13H2,1-2H3/t16-/m1/s1. The van der Waals surface area contributed by atoms with Gasteiger partial charge in [0, 0.05) is 19.0 Å². The van der Waals surface area contributed by atoms with E-state index in [1.807, 2.05) is 24.0 Å². The SMILES string of the molecule is COC[C@H]1CCCN1c1nc(=O)n(-c2ccccc2C)c2cc(C(F)(F)F)ccc12. The third-order valence-electron chi connectivity index (χ3n) is 5.56. The van der Waals surface area contributed by atoms with Crippen LogP contribution in [0.4, 0.5) is 19.0 Å². The number of methoxy groups -OCH3 is 1. The highest BCUT2D eigenvalue weighted by atomic mass is 19.4. The Balaban J connectivity index is 2.02. The van der Waals surface area contributed by atoms with E-state index >= 15 is 0 Å². The Kier molecular flexibility index (Phi) is 5.27. The van der Waals surface area contributed by atoms with Crippen molar-refractivity contribution >= 4 is 16.7 Å². The summed E-state index contributed by atoms with van der Waals surface area (Å²) in [5, 5.41) is 0.508. The molecule has 8 heteroatoms. The van der Waals surface area contributed by atoms with Crippen molar-refractivity contribution in [1.82, 2.24) is 9.55 Å². The Labute approximate surface area is 171 Å². The Morgan fingerprint density at radius 3 is 2.67 bits per heavy atom. The van der Waals surface area contributed by atoms with Crippen LogP contribution >= 0.6 is 0 Å². The highest BCUT2D eigenvalue weighted by Gasteiger charge is 2.33. The lowest BCUT2D eigenvalue weighted by atomic mass is 10.1. The molecule has 4 rings (SSSR count). The Morgan fingerprint density at radius 2 is 1.97 bits per heavy atom. The first-order chi connectivity index (χ1) is 14.3. The summed E-state index contributed by atoms with van der Waals surface area (Å²) < 4.78 is 47.0. The molecule has 1 fully saturated rings. The molecule has 0 aliphatic carbocycles. The van der Waals surface area contributed by atoms with E-state index in [0.717, 1.165) is 30.5 Å². The zero-order valence-corrected chi connectivity index (χ0v) is 16.7. The lowest BCUT2D eigenvalue weighted by Crippen LogP contribution is -2.36. The maximum absolute atomic E-state index is 13.5. The van der Waals surface area contributed by atoms with Crippen LogP contribution in [0.15, 0.2) is 47.3 Å². The van der Waals surface area contributed by atoms with E-state index in [1.54, 1.807) is 19.2 Å². The molecular weight excluding hydrogens is 395 g/mol. The van der Waals surface area contributed by atoms with Gasteiger partial charge in [0.1, 0.15) is 5.82 Å². The van der Waals surface area contributed by atoms with E-state index in [-0.39, 0.29) is 11.6 Å². The number of anilines is 1. The first-order valence-electron chi connectivity index (χ1n) is 9.77. The van der Waals surface area contributed by atoms with Gasteiger partial charge >= 0.3 is 11.9 Å². The molecule has 1 aliphatic rings. The number of hydrogen-bond acceptors (Lipinski definition) is 4. The zero-order chi connectivity index (χ0) is 21.5. The molecule has 0 N–H and O–H groups in total. The summed E-state index contributed by atoms with van der Waals surface area (Å²) in [6.45, 7) is 2.94. The number of alkyl halides is 3. The van der Waals surface area contributed by atoms with Crippen molar-refractivity contribution in [1.29, 1.82) is 0 Å². The number of aryl methyl sites for hydroxylation is 1. The lowest BCUT2D eigenvalue weighted by Gasteiger charge is -2.27. The largest absolute Gasteiger partial charge is 0.416 e. The predicted molar refractivity (Wildman–Crippen MR) is 109 cm³/mol. The van der Waals surface area contributed by atoms with Crippen molar-refractivity contribution in [2.45, 2.75) is 32.0 Å². The van der Waals surface area contributed by atoms with Crippen molar-refractivity contribution in [2.75, 3.05) is 25.2 Å². The first kappa shape index (κ1) is 20.4. The van der Waals surface area contributed by atoms with Crippen LogP contribution in [0, 0.1) is 6.92 Å². The number of nitrogens with zero attached hydrogens (tertiary/aromatic N) is 3. The third kappa shape index (κ3) is 3.56. The van der Waals surface area contributed by atoms with Gasteiger partial charge in [-0.2, -0.15) is 18.2 Å². The van der Waals surface area contributed by atoms with E-state index in [2.05, 4.69) is 4.98 Å². The van der Waals surface area contributed by atoms with Crippen LogP contribution in [0.1, 0.15) is 24.0 Å². The number of rotatable bonds is 4. The normalized spacial score (nSPS) is 17.1. The molecule has 158 valence electrons. The van der Waals surface area contributed by atoms with Gasteiger partial charge in [0.05, 0.1) is 29.4 Å². The summed E-state index contributed by atoms with van der Waals surface area (Å²) in [6.07, 6.45) is -2.74. The van der Waals surface area contributed by atoms with E-state index in [1.165, 1.54) is 10.6 Å². The fourth-order valence-electron chi connectivity index (χ4n) is 4.13. The van der Waals surface area contributed by atoms with Gasteiger partial charge < -0.3 is 9.64 Å². The molecule has 1 aliphatic heterocycles. The van der Waals surface area contributed by atoms with E-state index in [9.17, 15) is 18.0 Å². The Hall–Kier alpha value is -2.87. The Bertz CT molecular complexity index is 1140. The molecule has 2 heterocycles. The predicted octanol–water partition coefficient (Wildman–Crippen LogP) is 4.33. The number of fused-ring (bicyclic) bond motifs is 1. The number of halogens is 3. The monoisotopic (exact) mass is 417 g/mol. The molecule has 5 nitrogen and oxygen atoms in total. The highest BCUT2D eigenvalue weighted by molar-refractivity contribution is 5.91. The summed E-state index contributed by atoms with van der Waals surface area (Å²) in [6, 6.07) is 10.6. The molecule has 0 bridgehead atoms. The maximum Gasteiger partial charge on any atom is 0.416 e. The molecule has 0 unspecified atom stereocenters. The molecular formula is C22H22F3N3O2. The minimum Gasteiger partial charge on any atom is -0.383 e. The van der Waals surface area contributed by atoms with Gasteiger partial charge in [-0.1, -0.05) is 18.2 Å². The third-order valence-corrected chi connectivity index (χ3v) is 5.56. The maximum atomic E-state index is 13.5. The second-order valence-corrected chi connectivity index (χ2v) is 7.51. The van der Waals surface area contributed by atoms with Crippen LogP contribution in [0.2, 0.25) is 0 Å². The smallest absolute Gasteiger partial charge is 0.383 e. The molecule has 1 atom stereocenters. The van der Waals surface area contributed by atoms with Crippen LogP contribution < -0.4 is 10.6 Å². The minimum atomic E-state index is -4.52. The van der Waals surface area contributed by atoms with Gasteiger partial charge in [0.2, 0.25) is 0 Å². The molecule has 2 aromatic carbocycles. The number of hydrogen-bond donors (Lipinski definition) is 0. The summed E-state index contributed by atoms with van der Waals surface area (Å²) in [5.74, 6) is 0.410. The van der Waals surface area contributed by atoms with Gasteiger partial charge in [-0.25, -0.2) is 4.79 Å². The summed E-state index contributed by atoms with van der Waals surface area (Å²) in [7, 11) is 1.60. The first-order valence-corrected chi connectivity index (χ1v) is 9.77. The van der Waals surface area contributed by atoms with Crippen LogP contribution in [0.3, 0.4) is 0 Å². The number of para-hydroxylation sites is 1. The number of benzene rings is 2. The van der Waals surface area contributed by atoms with Crippen LogP contribution in [0.5, 0.6) is 0 Å². The quantitative estimate of drug-likeness (QED) is 0.634. The van der Waals surface area contributed by atoms with Gasteiger partial charge in [-0.3, -0.25) is 4.57 Å². The van der Waals surface area contributed by atoms with Gasteiger partial charge in [0.15, 0.2) is 0 Å². The van der Waals surface area contributed by atoms with Crippen molar-refractivity contribution < 1.29 is 17.9 Å². The zero-order valence-electron chi connectivity index (χ0n) is 16.7. The average molecular weight is 417 g/mol. The molecule has 0 saturated carbocycles. The van der Waals surface area contributed by atoms with Crippen molar-refractivity contribution in [3.05, 3.63) is 64.1 Å². The number of aromatic nitrogens is 2. The van der Waals surface area contributed by atoms with E-state index in [4.69, 9.17) is 4.74 Å².